The first-order valence-corrected chi connectivity index (χ1v) is 11.0. The summed E-state index contributed by atoms with van der Waals surface area (Å²) in [6.45, 7) is 0.790. The van der Waals surface area contributed by atoms with E-state index in [1.54, 1.807) is 13.2 Å². The minimum atomic E-state index is -0.607. The van der Waals surface area contributed by atoms with Crippen molar-refractivity contribution in [3.8, 4) is 0 Å². The molecule has 1 aliphatic carbocycles. The molecule has 1 aromatic carbocycles. The first-order valence-electron chi connectivity index (χ1n) is 10.6. The highest BCUT2D eigenvalue weighted by atomic mass is 35.5. The molecule has 1 aromatic rings. The molecule has 3 N–H and O–H groups in total. The molecule has 1 fully saturated rings. The molecule has 1 aliphatic rings. The van der Waals surface area contributed by atoms with Crippen molar-refractivity contribution in [2.24, 2.45) is 11.8 Å². The first kappa shape index (κ1) is 24.1. The Kier molecular flexibility index (Phi) is 11.0. The van der Waals surface area contributed by atoms with Crippen molar-refractivity contribution in [1.29, 1.82) is 0 Å². The van der Waals surface area contributed by atoms with Gasteiger partial charge >= 0.3 is 0 Å². The lowest BCUT2D eigenvalue weighted by Gasteiger charge is -2.19. The molecule has 0 radical (unpaired) electrons. The highest BCUT2D eigenvalue weighted by Crippen LogP contribution is 2.39. The molecule has 162 valence electrons. The summed E-state index contributed by atoms with van der Waals surface area (Å²) >= 11 is 6.49. The third-order valence-corrected chi connectivity index (χ3v) is 6.03. The summed E-state index contributed by atoms with van der Waals surface area (Å²) in [7, 11) is 1.67. The third kappa shape index (κ3) is 8.23. The summed E-state index contributed by atoms with van der Waals surface area (Å²) in [5.74, 6) is 0.114. The lowest BCUT2D eigenvalue weighted by atomic mass is 9.90. The maximum atomic E-state index is 10.5. The van der Waals surface area contributed by atoms with Crippen molar-refractivity contribution in [3.63, 3.8) is 0 Å². The molecule has 0 aromatic heterocycles. The number of aliphatic hydroxyl groups excluding tert-OH is 3. The van der Waals surface area contributed by atoms with E-state index in [0.717, 1.165) is 36.8 Å². The van der Waals surface area contributed by atoms with Gasteiger partial charge in [0.05, 0.1) is 18.8 Å². The Balaban J connectivity index is 1.90. The standard InChI is InChI=1S/C24H35ClO4/c1-29-17-19-9-7-8-18(14-19)15-20(27)11-12-22-21(23(25)16-24(22)28)10-5-3-2-4-6-13-26/h3,5,7-9,11-12,14,20-24,26-28H,2,4,6,10,13,15-17H2,1H3/b5-3-,12-11+/t20-,21-,22-,23?,24-/m1/s1. The number of benzene rings is 1. The van der Waals surface area contributed by atoms with Crippen LogP contribution in [0.5, 0.6) is 0 Å². The predicted octanol–water partition coefficient (Wildman–Crippen LogP) is 4.01. The maximum absolute atomic E-state index is 10.5. The van der Waals surface area contributed by atoms with Crippen molar-refractivity contribution in [2.45, 2.75) is 62.7 Å². The van der Waals surface area contributed by atoms with Crippen LogP contribution in [0.25, 0.3) is 0 Å². The van der Waals surface area contributed by atoms with Crippen LogP contribution in [-0.2, 0) is 17.8 Å². The Morgan fingerprint density at radius 2 is 2.03 bits per heavy atom. The molecular weight excluding hydrogens is 388 g/mol. The number of alkyl halides is 1. The van der Waals surface area contributed by atoms with Crippen molar-refractivity contribution in [2.75, 3.05) is 13.7 Å². The van der Waals surface area contributed by atoms with Gasteiger partial charge in [0.15, 0.2) is 0 Å². The van der Waals surface area contributed by atoms with Crippen molar-refractivity contribution >= 4 is 11.6 Å². The van der Waals surface area contributed by atoms with Gasteiger partial charge in [-0.25, -0.2) is 0 Å². The molecule has 0 bridgehead atoms. The number of ether oxygens (including phenoxy) is 1. The van der Waals surface area contributed by atoms with Gasteiger partial charge in [0.25, 0.3) is 0 Å². The Morgan fingerprint density at radius 3 is 2.79 bits per heavy atom. The number of hydrogen-bond acceptors (Lipinski definition) is 4. The molecule has 0 aliphatic heterocycles. The van der Waals surface area contributed by atoms with E-state index >= 15 is 0 Å². The highest BCUT2D eigenvalue weighted by Gasteiger charge is 2.39. The molecule has 1 unspecified atom stereocenters. The Labute approximate surface area is 179 Å². The second kappa shape index (κ2) is 13.2. The largest absolute Gasteiger partial charge is 0.396 e. The van der Waals surface area contributed by atoms with E-state index in [4.69, 9.17) is 21.4 Å². The van der Waals surface area contributed by atoms with E-state index in [9.17, 15) is 10.2 Å². The molecule has 29 heavy (non-hydrogen) atoms. The Hall–Kier alpha value is -1.17. The summed E-state index contributed by atoms with van der Waals surface area (Å²) in [6.07, 6.45) is 11.6. The molecular formula is C24H35ClO4. The minimum Gasteiger partial charge on any atom is -0.396 e. The first-order chi connectivity index (χ1) is 14.0. The summed E-state index contributed by atoms with van der Waals surface area (Å²) in [6, 6.07) is 8.03. The number of allylic oxidation sites excluding steroid dienone is 2. The Bertz CT molecular complexity index is 646. The van der Waals surface area contributed by atoms with Gasteiger partial charge < -0.3 is 20.1 Å². The molecule has 4 nitrogen and oxygen atoms in total. The molecule has 5 atom stereocenters. The lowest BCUT2D eigenvalue weighted by Crippen LogP contribution is -2.19. The van der Waals surface area contributed by atoms with Crippen molar-refractivity contribution < 1.29 is 20.1 Å². The SMILES string of the molecule is COCc1cccc(C[C@H](O)/C=C/[C@H]2[C@H](O)CC(Cl)[C@@H]2C/C=C\CCCCO)c1. The van der Waals surface area contributed by atoms with E-state index in [0.29, 0.717) is 19.4 Å². The number of hydrogen-bond donors (Lipinski definition) is 3. The summed E-state index contributed by atoms with van der Waals surface area (Å²) < 4.78 is 5.16. The zero-order chi connectivity index (χ0) is 21.1. The van der Waals surface area contributed by atoms with E-state index in [1.807, 2.05) is 30.3 Å². The second-order valence-electron chi connectivity index (χ2n) is 7.90. The lowest BCUT2D eigenvalue weighted by molar-refractivity contribution is 0.141. The predicted molar refractivity (Wildman–Crippen MR) is 118 cm³/mol. The highest BCUT2D eigenvalue weighted by molar-refractivity contribution is 6.21. The van der Waals surface area contributed by atoms with Gasteiger partial charge in [-0.1, -0.05) is 48.6 Å². The van der Waals surface area contributed by atoms with Crippen LogP contribution < -0.4 is 0 Å². The number of methoxy groups -OCH3 is 1. The van der Waals surface area contributed by atoms with Crippen LogP contribution in [0.1, 0.15) is 43.2 Å². The van der Waals surface area contributed by atoms with Gasteiger partial charge in [-0.15, -0.1) is 11.6 Å². The van der Waals surface area contributed by atoms with Gasteiger partial charge in [-0.3, -0.25) is 0 Å². The molecule has 5 heteroatoms. The van der Waals surface area contributed by atoms with Gasteiger partial charge in [0.1, 0.15) is 0 Å². The van der Waals surface area contributed by atoms with Crippen LogP contribution in [0.15, 0.2) is 48.6 Å². The molecule has 1 saturated carbocycles. The zero-order valence-electron chi connectivity index (χ0n) is 17.3. The van der Waals surface area contributed by atoms with Crippen LogP contribution in [0.4, 0.5) is 0 Å². The minimum absolute atomic E-state index is 0.0472. The summed E-state index contributed by atoms with van der Waals surface area (Å²) in [5, 5.41) is 29.6. The average molecular weight is 423 g/mol. The van der Waals surface area contributed by atoms with Crippen LogP contribution in [0.2, 0.25) is 0 Å². The van der Waals surface area contributed by atoms with Crippen LogP contribution >= 0.6 is 11.6 Å². The fourth-order valence-electron chi connectivity index (χ4n) is 3.99. The normalized spacial score (nSPS) is 26.0. The summed E-state index contributed by atoms with van der Waals surface area (Å²) in [5.41, 5.74) is 2.14. The number of halogens is 1. The van der Waals surface area contributed by atoms with Crippen LogP contribution in [0.3, 0.4) is 0 Å². The molecule has 2 rings (SSSR count). The smallest absolute Gasteiger partial charge is 0.0761 e. The van der Waals surface area contributed by atoms with E-state index in [-0.39, 0.29) is 23.8 Å². The maximum Gasteiger partial charge on any atom is 0.0761 e. The van der Waals surface area contributed by atoms with Crippen LogP contribution in [-0.4, -0.2) is 46.6 Å². The average Bonchev–Trinajstić information content (AvgIpc) is 2.96. The quantitative estimate of drug-likeness (QED) is 0.270. The molecule has 0 amide bonds. The van der Waals surface area contributed by atoms with Crippen molar-refractivity contribution in [1.82, 2.24) is 0 Å². The molecule has 0 spiro atoms. The number of rotatable bonds is 12. The number of aliphatic hydroxyl groups is 3. The summed E-state index contributed by atoms with van der Waals surface area (Å²) in [4.78, 5) is 0. The Morgan fingerprint density at radius 1 is 1.24 bits per heavy atom. The molecule has 0 saturated heterocycles. The third-order valence-electron chi connectivity index (χ3n) is 5.53. The fourth-order valence-corrected chi connectivity index (χ4v) is 4.44. The van der Waals surface area contributed by atoms with Gasteiger partial charge in [-0.05, 0) is 49.1 Å². The van der Waals surface area contributed by atoms with Gasteiger partial charge in [-0.2, -0.15) is 0 Å². The fraction of sp³-hybridized carbons (Fsp3) is 0.583. The zero-order valence-corrected chi connectivity index (χ0v) is 18.0. The van der Waals surface area contributed by atoms with E-state index < -0.39 is 12.2 Å². The second-order valence-corrected chi connectivity index (χ2v) is 8.46. The van der Waals surface area contributed by atoms with E-state index in [2.05, 4.69) is 12.2 Å². The van der Waals surface area contributed by atoms with Gasteiger partial charge in [0, 0.05) is 31.4 Å². The number of unbranched alkanes of at least 4 members (excludes halogenated alkanes) is 2. The van der Waals surface area contributed by atoms with Crippen molar-refractivity contribution in [3.05, 3.63) is 59.7 Å². The monoisotopic (exact) mass is 422 g/mol. The van der Waals surface area contributed by atoms with Crippen LogP contribution in [0, 0.1) is 11.8 Å². The van der Waals surface area contributed by atoms with E-state index in [1.165, 1.54) is 0 Å². The topological polar surface area (TPSA) is 69.9 Å². The molecule has 0 heterocycles. The van der Waals surface area contributed by atoms with Gasteiger partial charge in [0.2, 0.25) is 0 Å².